The molecule has 0 N–H and O–H groups in total. The van der Waals surface area contributed by atoms with Crippen molar-refractivity contribution in [2.75, 3.05) is 13.2 Å². The minimum absolute atomic E-state index is 0.851. The van der Waals surface area contributed by atoms with Crippen LogP contribution in [0.3, 0.4) is 0 Å². The van der Waals surface area contributed by atoms with Crippen LogP contribution < -0.4 is 0 Å². The lowest BCUT2D eigenvalue weighted by Gasteiger charge is -2.15. The minimum Gasteiger partial charge on any atom is -0.382 e. The van der Waals surface area contributed by atoms with Crippen molar-refractivity contribution < 1.29 is 4.74 Å². The van der Waals surface area contributed by atoms with Gasteiger partial charge in [-0.3, -0.25) is 0 Å². The maximum atomic E-state index is 5.55. The van der Waals surface area contributed by atoms with Gasteiger partial charge in [-0.2, -0.15) is 0 Å². The van der Waals surface area contributed by atoms with Gasteiger partial charge in [0.1, 0.15) is 0 Å². The molecule has 0 unspecified atom stereocenters. The van der Waals surface area contributed by atoms with Gasteiger partial charge in [-0.1, -0.05) is 39.4 Å². The molecule has 0 spiro atoms. The van der Waals surface area contributed by atoms with Crippen molar-refractivity contribution >= 4 is 8.07 Å². The minimum atomic E-state index is -0.851. The van der Waals surface area contributed by atoms with E-state index in [1.165, 1.54) is 25.3 Å². The summed E-state index contributed by atoms with van der Waals surface area (Å²) in [6.45, 7) is 11.4. The van der Waals surface area contributed by atoms with Crippen molar-refractivity contribution in [2.24, 2.45) is 0 Å². The van der Waals surface area contributed by atoms with Crippen LogP contribution in [0, 0.1) is 0 Å². The van der Waals surface area contributed by atoms with Crippen LogP contribution in [0.1, 0.15) is 26.2 Å². The monoisotopic (exact) mass is 188 g/mol. The zero-order chi connectivity index (χ0) is 9.45. The molecule has 0 aromatic rings. The molecule has 0 rings (SSSR count). The predicted molar refractivity (Wildman–Crippen MR) is 58.5 cm³/mol. The average Bonchev–Trinajstić information content (AvgIpc) is 1.94. The normalized spacial score (nSPS) is 12.0. The van der Waals surface area contributed by atoms with Crippen LogP contribution in [0.5, 0.6) is 0 Å². The van der Waals surface area contributed by atoms with Gasteiger partial charge in [-0.05, 0) is 12.5 Å². The molecule has 0 saturated carbocycles. The first-order valence-corrected chi connectivity index (χ1v) is 8.85. The van der Waals surface area contributed by atoms with Crippen molar-refractivity contribution in [3.8, 4) is 0 Å². The van der Waals surface area contributed by atoms with Crippen LogP contribution in [0.2, 0.25) is 25.7 Å². The molecule has 12 heavy (non-hydrogen) atoms. The Hall–Kier alpha value is 0.177. The molecule has 74 valence electrons. The van der Waals surface area contributed by atoms with E-state index in [1.54, 1.807) is 0 Å². The Morgan fingerprint density at radius 3 is 2.17 bits per heavy atom. The van der Waals surface area contributed by atoms with E-state index < -0.39 is 8.07 Å². The van der Waals surface area contributed by atoms with Gasteiger partial charge in [-0.25, -0.2) is 0 Å². The van der Waals surface area contributed by atoms with Gasteiger partial charge >= 0.3 is 0 Å². The number of ether oxygens (including phenoxy) is 1. The highest BCUT2D eigenvalue weighted by Crippen LogP contribution is 2.07. The topological polar surface area (TPSA) is 9.23 Å². The Morgan fingerprint density at radius 2 is 1.67 bits per heavy atom. The fourth-order valence-corrected chi connectivity index (χ4v) is 1.69. The molecule has 2 heteroatoms. The third-order valence-electron chi connectivity index (χ3n) is 1.89. The van der Waals surface area contributed by atoms with E-state index in [0.29, 0.717) is 0 Å². The summed E-state index contributed by atoms with van der Waals surface area (Å²) in [5.41, 5.74) is 0. The zero-order valence-corrected chi connectivity index (χ0v) is 10.2. The summed E-state index contributed by atoms with van der Waals surface area (Å²) in [5, 5.41) is 0. The van der Waals surface area contributed by atoms with Crippen LogP contribution in [0.25, 0.3) is 0 Å². The fourth-order valence-electron chi connectivity index (χ4n) is 0.935. The number of unbranched alkanes of at least 4 members (excludes halogenated alkanes) is 2. The second-order valence-electron chi connectivity index (χ2n) is 4.63. The summed E-state index contributed by atoms with van der Waals surface area (Å²) in [5.74, 6) is 0. The Morgan fingerprint density at radius 1 is 1.00 bits per heavy atom. The van der Waals surface area contributed by atoms with Crippen LogP contribution >= 0.6 is 0 Å². The predicted octanol–water partition coefficient (Wildman–Crippen LogP) is 3.53. The fraction of sp³-hybridized carbons (Fsp3) is 1.00. The van der Waals surface area contributed by atoms with E-state index in [2.05, 4.69) is 26.6 Å². The lowest BCUT2D eigenvalue weighted by molar-refractivity contribution is 0.142. The summed E-state index contributed by atoms with van der Waals surface area (Å²) in [7, 11) is -0.851. The van der Waals surface area contributed by atoms with Crippen LogP contribution in [0.15, 0.2) is 0 Å². The van der Waals surface area contributed by atoms with Gasteiger partial charge in [-0.15, -0.1) is 0 Å². The molecule has 0 aliphatic carbocycles. The van der Waals surface area contributed by atoms with E-state index in [4.69, 9.17) is 4.74 Å². The Balaban J connectivity index is 3.01. The van der Waals surface area contributed by atoms with E-state index in [1.807, 2.05) is 0 Å². The molecule has 0 aromatic heterocycles. The molecule has 0 radical (unpaired) electrons. The number of hydrogen-bond acceptors (Lipinski definition) is 1. The Kier molecular flexibility index (Phi) is 6.77. The Labute approximate surface area is 78.5 Å². The molecule has 0 saturated heterocycles. The van der Waals surface area contributed by atoms with Gasteiger partial charge in [0.05, 0.1) is 0 Å². The molecule has 1 nitrogen and oxygen atoms in total. The van der Waals surface area contributed by atoms with E-state index in [9.17, 15) is 0 Å². The molecule has 0 fully saturated rings. The second kappa shape index (κ2) is 6.67. The summed E-state index contributed by atoms with van der Waals surface area (Å²) >= 11 is 0. The highest BCUT2D eigenvalue weighted by atomic mass is 28.3. The van der Waals surface area contributed by atoms with Crippen LogP contribution in [-0.4, -0.2) is 21.3 Å². The maximum absolute atomic E-state index is 5.55. The van der Waals surface area contributed by atoms with Gasteiger partial charge in [0.15, 0.2) is 0 Å². The SMILES string of the molecule is CCCCCOCC[Si](C)(C)C. The third-order valence-corrected chi connectivity index (χ3v) is 3.59. The largest absolute Gasteiger partial charge is 0.382 e. The van der Waals surface area contributed by atoms with Gasteiger partial charge in [0.25, 0.3) is 0 Å². The summed E-state index contributed by atoms with van der Waals surface area (Å²) in [6, 6.07) is 1.30. The molecule has 0 aliphatic rings. The summed E-state index contributed by atoms with van der Waals surface area (Å²) < 4.78 is 5.55. The molecular weight excluding hydrogens is 164 g/mol. The lowest BCUT2D eigenvalue weighted by Crippen LogP contribution is -2.21. The van der Waals surface area contributed by atoms with Crippen molar-refractivity contribution in [2.45, 2.75) is 51.9 Å². The molecule has 0 heterocycles. The van der Waals surface area contributed by atoms with Crippen molar-refractivity contribution in [1.29, 1.82) is 0 Å². The summed E-state index contributed by atoms with van der Waals surface area (Å²) in [4.78, 5) is 0. The highest BCUT2D eigenvalue weighted by molar-refractivity contribution is 6.76. The van der Waals surface area contributed by atoms with Gasteiger partial charge in [0, 0.05) is 21.3 Å². The molecule has 0 aliphatic heterocycles. The van der Waals surface area contributed by atoms with Crippen molar-refractivity contribution in [1.82, 2.24) is 0 Å². The highest BCUT2D eigenvalue weighted by Gasteiger charge is 2.11. The smallest absolute Gasteiger partial charge is 0.0466 e. The average molecular weight is 188 g/mol. The first-order chi connectivity index (χ1) is 5.56. The second-order valence-corrected chi connectivity index (χ2v) is 10.3. The van der Waals surface area contributed by atoms with Crippen molar-refractivity contribution in [3.05, 3.63) is 0 Å². The first kappa shape index (κ1) is 12.2. The van der Waals surface area contributed by atoms with Crippen LogP contribution in [-0.2, 0) is 4.74 Å². The molecular formula is C10H24OSi. The standard InChI is InChI=1S/C10H24OSi/c1-5-6-7-8-11-9-10-12(2,3)4/h5-10H2,1-4H3. The van der Waals surface area contributed by atoms with Crippen LogP contribution in [0.4, 0.5) is 0 Å². The third kappa shape index (κ3) is 10.2. The quantitative estimate of drug-likeness (QED) is 0.439. The molecule has 0 amide bonds. The van der Waals surface area contributed by atoms with Gasteiger partial charge in [0.2, 0.25) is 0 Å². The van der Waals surface area contributed by atoms with Crippen molar-refractivity contribution in [3.63, 3.8) is 0 Å². The molecule has 0 atom stereocenters. The van der Waals surface area contributed by atoms with E-state index in [-0.39, 0.29) is 0 Å². The number of rotatable bonds is 7. The molecule has 0 aromatic carbocycles. The van der Waals surface area contributed by atoms with Gasteiger partial charge < -0.3 is 4.74 Å². The number of hydrogen-bond donors (Lipinski definition) is 0. The zero-order valence-electron chi connectivity index (χ0n) is 9.15. The first-order valence-electron chi connectivity index (χ1n) is 5.14. The maximum Gasteiger partial charge on any atom is 0.0466 e. The Bertz CT molecular complexity index is 96.5. The summed E-state index contributed by atoms with van der Waals surface area (Å²) in [6.07, 6.45) is 3.84. The van der Waals surface area contributed by atoms with E-state index >= 15 is 0 Å². The molecule has 0 bridgehead atoms. The van der Waals surface area contributed by atoms with E-state index in [0.717, 1.165) is 13.2 Å². The lowest BCUT2D eigenvalue weighted by atomic mass is 10.3.